The number of nitrogens with one attached hydrogen (secondary N) is 3. The molecule has 0 radical (unpaired) electrons. The standard InChI is InChI=1S/C11H20N4O2S/c1-3-12-5-10-6-13-15-11(10)18(16,17)14-7-9-4-8(9)2/h6,8-9,12,14H,3-5,7H2,1-2H3,(H,13,15). The summed E-state index contributed by atoms with van der Waals surface area (Å²) >= 11 is 0. The highest BCUT2D eigenvalue weighted by Gasteiger charge is 2.33. The molecule has 1 aliphatic carbocycles. The number of sulfonamides is 1. The summed E-state index contributed by atoms with van der Waals surface area (Å²) in [5.41, 5.74) is 0.674. The first-order valence-corrected chi connectivity index (χ1v) is 7.75. The molecule has 2 atom stereocenters. The molecule has 1 aliphatic rings. The van der Waals surface area contributed by atoms with E-state index in [1.165, 1.54) is 0 Å². The molecule has 0 aromatic carbocycles. The molecule has 3 N–H and O–H groups in total. The number of rotatable bonds is 7. The van der Waals surface area contributed by atoms with Crippen molar-refractivity contribution in [3.63, 3.8) is 0 Å². The molecule has 0 saturated heterocycles. The number of nitrogens with zero attached hydrogens (tertiary/aromatic N) is 1. The molecule has 1 fully saturated rings. The Hall–Kier alpha value is -0.920. The Morgan fingerprint density at radius 2 is 2.28 bits per heavy atom. The van der Waals surface area contributed by atoms with Gasteiger partial charge in [0, 0.05) is 18.7 Å². The Labute approximate surface area is 108 Å². The van der Waals surface area contributed by atoms with Crippen molar-refractivity contribution in [2.75, 3.05) is 13.1 Å². The summed E-state index contributed by atoms with van der Waals surface area (Å²) in [5.74, 6) is 1.12. The van der Waals surface area contributed by atoms with Gasteiger partial charge in [-0.25, -0.2) is 13.1 Å². The number of aromatic nitrogens is 2. The van der Waals surface area contributed by atoms with E-state index in [1.807, 2.05) is 6.92 Å². The zero-order valence-electron chi connectivity index (χ0n) is 10.7. The largest absolute Gasteiger partial charge is 0.313 e. The molecule has 0 aliphatic heterocycles. The van der Waals surface area contributed by atoms with E-state index in [1.54, 1.807) is 6.20 Å². The van der Waals surface area contributed by atoms with Gasteiger partial charge in [-0.2, -0.15) is 5.10 Å². The molecule has 0 bridgehead atoms. The monoisotopic (exact) mass is 272 g/mol. The van der Waals surface area contributed by atoms with Gasteiger partial charge in [0.1, 0.15) is 0 Å². The van der Waals surface area contributed by atoms with Crippen LogP contribution in [0.15, 0.2) is 11.2 Å². The minimum Gasteiger partial charge on any atom is -0.313 e. The molecule has 0 amide bonds. The predicted molar refractivity (Wildman–Crippen MR) is 68.4 cm³/mol. The third kappa shape index (κ3) is 3.09. The Morgan fingerprint density at radius 1 is 1.56 bits per heavy atom. The molecule has 2 unspecified atom stereocenters. The van der Waals surface area contributed by atoms with Crippen LogP contribution in [-0.4, -0.2) is 31.7 Å². The van der Waals surface area contributed by atoms with Gasteiger partial charge in [0.05, 0.1) is 6.20 Å². The first kappa shape index (κ1) is 13.5. The van der Waals surface area contributed by atoms with E-state index in [0.717, 1.165) is 13.0 Å². The quantitative estimate of drug-likeness (QED) is 0.673. The van der Waals surface area contributed by atoms with Gasteiger partial charge in [-0.1, -0.05) is 13.8 Å². The maximum Gasteiger partial charge on any atom is 0.257 e. The van der Waals surface area contributed by atoms with Crippen molar-refractivity contribution in [1.29, 1.82) is 0 Å². The fourth-order valence-corrected chi connectivity index (χ4v) is 3.11. The normalized spacial score (nSPS) is 23.2. The molecule has 2 rings (SSSR count). The predicted octanol–water partition coefficient (Wildman–Crippen LogP) is 0.454. The van der Waals surface area contributed by atoms with Gasteiger partial charge in [-0.3, -0.25) is 5.10 Å². The molecule has 7 heteroatoms. The van der Waals surface area contributed by atoms with Crippen LogP contribution in [0.4, 0.5) is 0 Å². The number of aromatic amines is 1. The maximum absolute atomic E-state index is 12.1. The summed E-state index contributed by atoms with van der Waals surface area (Å²) < 4.78 is 26.9. The molecule has 1 aromatic heterocycles. The minimum absolute atomic E-state index is 0.178. The van der Waals surface area contributed by atoms with Crippen molar-refractivity contribution >= 4 is 10.0 Å². The van der Waals surface area contributed by atoms with Crippen LogP contribution < -0.4 is 10.0 Å². The topological polar surface area (TPSA) is 86.9 Å². The van der Waals surface area contributed by atoms with Crippen LogP contribution >= 0.6 is 0 Å². The average molecular weight is 272 g/mol. The lowest BCUT2D eigenvalue weighted by atomic mass is 10.3. The molecular formula is C11H20N4O2S. The lowest BCUT2D eigenvalue weighted by Gasteiger charge is -2.07. The smallest absolute Gasteiger partial charge is 0.257 e. The third-order valence-corrected chi connectivity index (χ3v) is 4.76. The van der Waals surface area contributed by atoms with E-state index in [2.05, 4.69) is 27.2 Å². The molecule has 1 aromatic rings. The third-order valence-electron chi connectivity index (χ3n) is 3.32. The van der Waals surface area contributed by atoms with Crippen molar-refractivity contribution < 1.29 is 8.42 Å². The Kier molecular flexibility index (Phi) is 4.04. The van der Waals surface area contributed by atoms with Gasteiger partial charge in [0.2, 0.25) is 0 Å². The lowest BCUT2D eigenvalue weighted by molar-refractivity contribution is 0.568. The van der Waals surface area contributed by atoms with Gasteiger partial charge in [-0.15, -0.1) is 0 Å². The van der Waals surface area contributed by atoms with E-state index in [9.17, 15) is 8.42 Å². The lowest BCUT2D eigenvalue weighted by Crippen LogP contribution is -2.28. The average Bonchev–Trinajstić information content (AvgIpc) is 2.84. The first-order chi connectivity index (χ1) is 8.54. The highest BCUT2D eigenvalue weighted by Crippen LogP contribution is 2.37. The van der Waals surface area contributed by atoms with E-state index in [4.69, 9.17) is 0 Å². The number of H-pyrrole nitrogens is 1. The summed E-state index contributed by atoms with van der Waals surface area (Å²) in [4.78, 5) is 0. The second-order valence-electron chi connectivity index (χ2n) is 4.83. The van der Waals surface area contributed by atoms with Crippen LogP contribution in [0.2, 0.25) is 0 Å². The van der Waals surface area contributed by atoms with Gasteiger partial charge in [0.15, 0.2) is 5.03 Å². The van der Waals surface area contributed by atoms with E-state index < -0.39 is 10.0 Å². The van der Waals surface area contributed by atoms with Gasteiger partial charge < -0.3 is 5.32 Å². The van der Waals surface area contributed by atoms with Crippen molar-refractivity contribution in [1.82, 2.24) is 20.2 Å². The van der Waals surface area contributed by atoms with Crippen LogP contribution in [0, 0.1) is 11.8 Å². The summed E-state index contributed by atoms with van der Waals surface area (Å²) in [5, 5.41) is 9.66. The minimum atomic E-state index is -3.46. The second-order valence-corrected chi connectivity index (χ2v) is 6.53. The van der Waals surface area contributed by atoms with Gasteiger partial charge >= 0.3 is 0 Å². The van der Waals surface area contributed by atoms with E-state index in [0.29, 0.717) is 30.5 Å². The van der Waals surface area contributed by atoms with E-state index in [-0.39, 0.29) is 5.03 Å². The SMILES string of the molecule is CCNCc1cn[nH]c1S(=O)(=O)NCC1CC1C. The Morgan fingerprint density at radius 3 is 2.89 bits per heavy atom. The van der Waals surface area contributed by atoms with Crippen molar-refractivity contribution in [2.24, 2.45) is 11.8 Å². The fourth-order valence-electron chi connectivity index (χ4n) is 1.89. The summed E-state index contributed by atoms with van der Waals surface area (Å²) in [6, 6.07) is 0. The highest BCUT2D eigenvalue weighted by molar-refractivity contribution is 7.89. The van der Waals surface area contributed by atoms with Crippen LogP contribution in [-0.2, 0) is 16.6 Å². The van der Waals surface area contributed by atoms with Crippen LogP contribution in [0.3, 0.4) is 0 Å². The molecule has 0 spiro atoms. The molecule has 18 heavy (non-hydrogen) atoms. The van der Waals surface area contributed by atoms with Crippen molar-refractivity contribution in [3.05, 3.63) is 11.8 Å². The summed E-state index contributed by atoms with van der Waals surface area (Å²) in [6.07, 6.45) is 2.66. The molecule has 1 heterocycles. The summed E-state index contributed by atoms with van der Waals surface area (Å²) in [6.45, 7) is 5.91. The maximum atomic E-state index is 12.1. The fraction of sp³-hybridized carbons (Fsp3) is 0.727. The molecule has 1 saturated carbocycles. The zero-order valence-corrected chi connectivity index (χ0v) is 11.5. The van der Waals surface area contributed by atoms with Crippen LogP contribution in [0.5, 0.6) is 0 Å². The van der Waals surface area contributed by atoms with Gasteiger partial charge in [0.25, 0.3) is 10.0 Å². The zero-order chi connectivity index (χ0) is 13.2. The van der Waals surface area contributed by atoms with Crippen molar-refractivity contribution in [2.45, 2.75) is 31.8 Å². The van der Waals surface area contributed by atoms with Crippen molar-refractivity contribution in [3.8, 4) is 0 Å². The number of hydrogen-bond donors (Lipinski definition) is 3. The second kappa shape index (κ2) is 5.38. The Balaban J connectivity index is 2.01. The van der Waals surface area contributed by atoms with Crippen LogP contribution in [0.25, 0.3) is 0 Å². The van der Waals surface area contributed by atoms with Gasteiger partial charge in [-0.05, 0) is 24.8 Å². The molecular weight excluding hydrogens is 252 g/mol. The number of hydrogen-bond acceptors (Lipinski definition) is 4. The Bertz CT molecular complexity index is 497. The molecule has 6 nitrogen and oxygen atoms in total. The molecule has 102 valence electrons. The summed E-state index contributed by atoms with van der Waals surface area (Å²) in [7, 11) is -3.46. The first-order valence-electron chi connectivity index (χ1n) is 6.27. The van der Waals surface area contributed by atoms with Crippen LogP contribution in [0.1, 0.15) is 25.8 Å². The van der Waals surface area contributed by atoms with E-state index >= 15 is 0 Å². The highest BCUT2D eigenvalue weighted by atomic mass is 32.2.